The van der Waals surface area contributed by atoms with E-state index in [2.05, 4.69) is 26.3 Å². The van der Waals surface area contributed by atoms with E-state index in [1.165, 1.54) is 11.8 Å². The molecule has 0 aliphatic carbocycles. The zero-order valence-corrected chi connectivity index (χ0v) is 13.9. The van der Waals surface area contributed by atoms with E-state index in [1.807, 2.05) is 54.6 Å². The third kappa shape index (κ3) is 2.04. The fourth-order valence-electron chi connectivity index (χ4n) is 3.17. The lowest BCUT2D eigenvalue weighted by molar-refractivity contribution is -0.127. The normalized spacial score (nSPS) is 24.6. The first-order chi connectivity index (χ1) is 12.3. The number of carbonyl (C=O) groups is 1. The van der Waals surface area contributed by atoms with Gasteiger partial charge in [0.05, 0.1) is 6.54 Å². The monoisotopic (exact) mass is 350 g/mol. The number of nitrogens with zero attached hydrogens (tertiary/aromatic N) is 3. The van der Waals surface area contributed by atoms with Crippen LogP contribution in [0.3, 0.4) is 0 Å². The fraction of sp³-hybridized carbons (Fsp3) is 0.118. The standard InChI is InChI=1S/C17H14N6OS/c24-14-17(12-8-4-5-9-13(12)19-14)22-20-16-23(17)21-15(25-16)18-10-11-6-2-1-3-7-11/h1-9,22H,10H2,(H,18,21)(H,19,24). The van der Waals surface area contributed by atoms with Crippen molar-refractivity contribution in [3.05, 3.63) is 65.7 Å². The van der Waals surface area contributed by atoms with Crippen LogP contribution >= 0.6 is 11.8 Å². The van der Waals surface area contributed by atoms with Crippen molar-refractivity contribution in [1.29, 1.82) is 0 Å². The number of amides is 1. The van der Waals surface area contributed by atoms with Crippen molar-refractivity contribution < 1.29 is 4.79 Å². The van der Waals surface area contributed by atoms with Crippen LogP contribution in [-0.4, -0.2) is 21.3 Å². The van der Waals surface area contributed by atoms with Gasteiger partial charge in [0.15, 0.2) is 5.17 Å². The molecule has 0 saturated carbocycles. The highest BCUT2D eigenvalue weighted by atomic mass is 32.2. The summed E-state index contributed by atoms with van der Waals surface area (Å²) in [7, 11) is 0. The van der Waals surface area contributed by atoms with E-state index in [9.17, 15) is 4.79 Å². The molecule has 2 aromatic carbocycles. The molecular formula is C17H14N6OS. The average molecular weight is 350 g/mol. The molecule has 1 saturated heterocycles. The van der Waals surface area contributed by atoms with Crippen molar-refractivity contribution in [2.45, 2.75) is 12.2 Å². The highest BCUT2D eigenvalue weighted by molar-refractivity contribution is 8.26. The zero-order valence-electron chi connectivity index (χ0n) is 13.1. The average Bonchev–Trinajstić information content (AvgIpc) is 3.28. The number of hydrogen-bond acceptors (Lipinski definition) is 6. The van der Waals surface area contributed by atoms with Crippen molar-refractivity contribution in [2.24, 2.45) is 10.1 Å². The molecule has 3 aliphatic rings. The molecule has 7 nitrogen and oxygen atoms in total. The van der Waals surface area contributed by atoms with E-state index in [1.54, 1.807) is 5.01 Å². The van der Waals surface area contributed by atoms with Crippen LogP contribution in [0.15, 0.2) is 64.7 Å². The number of rotatable bonds is 2. The van der Waals surface area contributed by atoms with Crippen LogP contribution in [0.25, 0.3) is 0 Å². The van der Waals surface area contributed by atoms with Crippen LogP contribution in [-0.2, 0) is 17.0 Å². The molecule has 25 heavy (non-hydrogen) atoms. The topological polar surface area (TPSA) is 81.1 Å². The van der Waals surface area contributed by atoms with Gasteiger partial charge in [0, 0.05) is 11.3 Å². The van der Waals surface area contributed by atoms with Gasteiger partial charge in [-0.3, -0.25) is 20.6 Å². The first-order valence-corrected chi connectivity index (χ1v) is 8.68. The third-order valence-electron chi connectivity index (χ3n) is 4.38. The Morgan fingerprint density at radius 1 is 1.12 bits per heavy atom. The van der Waals surface area contributed by atoms with Crippen molar-refractivity contribution >= 4 is 33.7 Å². The second kappa shape index (κ2) is 5.25. The maximum Gasteiger partial charge on any atom is 0.279 e. The van der Waals surface area contributed by atoms with Gasteiger partial charge in [0.1, 0.15) is 0 Å². The Labute approximate surface area is 148 Å². The number of aliphatic imine (C=N–C) groups is 1. The molecule has 0 aromatic heterocycles. The number of thioether (sulfide) groups is 1. The molecular weight excluding hydrogens is 336 g/mol. The Kier molecular flexibility index (Phi) is 3.01. The van der Waals surface area contributed by atoms with Gasteiger partial charge >= 0.3 is 0 Å². The summed E-state index contributed by atoms with van der Waals surface area (Å²) in [4.78, 5) is 17.3. The van der Waals surface area contributed by atoms with Gasteiger partial charge in [-0.15, -0.1) is 5.10 Å². The summed E-state index contributed by atoms with van der Waals surface area (Å²) in [6, 6.07) is 17.6. The molecule has 1 spiro atoms. The second-order valence-corrected chi connectivity index (χ2v) is 6.83. The van der Waals surface area contributed by atoms with Crippen molar-refractivity contribution in [2.75, 3.05) is 5.32 Å². The largest absolute Gasteiger partial charge is 0.322 e. The van der Waals surface area contributed by atoms with E-state index in [0.29, 0.717) is 11.7 Å². The van der Waals surface area contributed by atoms with Gasteiger partial charge in [0.2, 0.25) is 5.17 Å². The van der Waals surface area contributed by atoms with Crippen LogP contribution in [0.5, 0.6) is 0 Å². The van der Waals surface area contributed by atoms with Gasteiger partial charge in [0.25, 0.3) is 11.6 Å². The summed E-state index contributed by atoms with van der Waals surface area (Å²) in [5.74, 6) is -0.162. The number of para-hydroxylation sites is 1. The number of carbonyl (C=O) groups excluding carboxylic acids is 1. The predicted octanol–water partition coefficient (Wildman–Crippen LogP) is 1.78. The Hall–Kier alpha value is -3.00. The molecule has 5 rings (SSSR count). The van der Waals surface area contributed by atoms with E-state index >= 15 is 0 Å². The molecule has 1 amide bonds. The highest BCUT2D eigenvalue weighted by Gasteiger charge is 2.58. The van der Waals surface area contributed by atoms with Crippen molar-refractivity contribution in [1.82, 2.24) is 15.9 Å². The van der Waals surface area contributed by atoms with E-state index in [-0.39, 0.29) is 5.91 Å². The van der Waals surface area contributed by atoms with Crippen LogP contribution in [0.1, 0.15) is 11.1 Å². The van der Waals surface area contributed by atoms with Crippen LogP contribution in [0.4, 0.5) is 5.69 Å². The summed E-state index contributed by atoms with van der Waals surface area (Å²) in [6.45, 7) is 0.570. The van der Waals surface area contributed by atoms with E-state index in [4.69, 9.17) is 0 Å². The molecule has 124 valence electrons. The molecule has 3 aliphatic heterocycles. The number of nitrogens with one attached hydrogen (secondary N) is 3. The first kappa shape index (κ1) is 14.4. The lowest BCUT2D eigenvalue weighted by Gasteiger charge is -2.30. The number of hydrogen-bond donors (Lipinski definition) is 3. The lowest BCUT2D eigenvalue weighted by Crippen LogP contribution is -2.58. The molecule has 1 atom stereocenters. The number of hydrazone groups is 1. The minimum Gasteiger partial charge on any atom is -0.322 e. The molecule has 2 aromatic rings. The van der Waals surface area contributed by atoms with Crippen LogP contribution in [0, 0.1) is 0 Å². The number of fused-ring (bicyclic) bond motifs is 4. The number of hydrazine groups is 1. The summed E-state index contributed by atoms with van der Waals surface area (Å²) in [5.41, 5.74) is 7.91. The molecule has 3 heterocycles. The van der Waals surface area contributed by atoms with Crippen LogP contribution in [0.2, 0.25) is 0 Å². The number of amidine groups is 2. The SMILES string of the molecule is O=C1Nc2ccccc2C12NN=C1SC(=NCc3ccccc3)NN12. The number of benzene rings is 2. The molecule has 1 unspecified atom stereocenters. The summed E-state index contributed by atoms with van der Waals surface area (Å²) in [6.07, 6.45) is 0. The second-order valence-electron chi connectivity index (χ2n) is 5.87. The molecule has 3 N–H and O–H groups in total. The summed E-state index contributed by atoms with van der Waals surface area (Å²) >= 11 is 1.41. The van der Waals surface area contributed by atoms with Gasteiger partial charge in [-0.25, -0.2) is 5.01 Å². The van der Waals surface area contributed by atoms with Crippen molar-refractivity contribution in [3.8, 4) is 0 Å². The summed E-state index contributed by atoms with van der Waals surface area (Å²) < 4.78 is 0. The first-order valence-electron chi connectivity index (χ1n) is 7.86. The van der Waals surface area contributed by atoms with Crippen molar-refractivity contribution in [3.63, 3.8) is 0 Å². The Morgan fingerprint density at radius 2 is 1.92 bits per heavy atom. The predicted molar refractivity (Wildman–Crippen MR) is 97.5 cm³/mol. The molecule has 0 bridgehead atoms. The minimum absolute atomic E-state index is 0.162. The van der Waals surface area contributed by atoms with Gasteiger partial charge in [-0.2, -0.15) is 0 Å². The minimum atomic E-state index is -1.07. The Balaban J connectivity index is 1.44. The maximum atomic E-state index is 12.7. The van der Waals surface area contributed by atoms with Gasteiger partial charge in [-0.05, 0) is 23.4 Å². The maximum absolute atomic E-state index is 12.7. The fourth-order valence-corrected chi connectivity index (χ4v) is 3.97. The van der Waals surface area contributed by atoms with E-state index in [0.717, 1.165) is 22.0 Å². The summed E-state index contributed by atoms with van der Waals surface area (Å²) in [5, 5.41) is 10.4. The lowest BCUT2D eigenvalue weighted by atomic mass is 10.0. The molecule has 8 heteroatoms. The smallest absolute Gasteiger partial charge is 0.279 e. The quantitative estimate of drug-likeness (QED) is 0.769. The Bertz CT molecular complexity index is 928. The number of anilines is 1. The van der Waals surface area contributed by atoms with Gasteiger partial charge < -0.3 is 5.32 Å². The zero-order chi connectivity index (χ0) is 16.9. The highest BCUT2D eigenvalue weighted by Crippen LogP contribution is 2.43. The van der Waals surface area contributed by atoms with Gasteiger partial charge in [-0.1, -0.05) is 48.5 Å². The van der Waals surface area contributed by atoms with E-state index < -0.39 is 5.66 Å². The third-order valence-corrected chi connectivity index (χ3v) is 5.25. The van der Waals surface area contributed by atoms with Crippen LogP contribution < -0.4 is 16.2 Å². The Morgan fingerprint density at radius 3 is 2.80 bits per heavy atom. The molecule has 0 radical (unpaired) electrons. The molecule has 1 fully saturated rings.